The number of nitrogens with one attached hydrogen (secondary N) is 2. The molecule has 0 spiro atoms. The molecule has 0 bridgehead atoms. The predicted molar refractivity (Wildman–Crippen MR) is 202 cm³/mol. The van der Waals surface area contributed by atoms with Crippen molar-refractivity contribution in [3.05, 3.63) is 199 Å². The Kier molecular flexibility index (Phi) is 7.07. The predicted octanol–water partition coefficient (Wildman–Crippen LogP) is 11.5. The highest BCUT2D eigenvalue weighted by Gasteiger charge is 2.26. The highest BCUT2D eigenvalue weighted by Crippen LogP contribution is 2.39. The number of fused-ring (bicyclic) bond motifs is 4. The normalized spacial score (nSPS) is 16.1. The Morgan fingerprint density at radius 1 is 0.375 bits per heavy atom. The van der Waals surface area contributed by atoms with E-state index in [-0.39, 0.29) is 12.2 Å². The Morgan fingerprint density at radius 3 is 1.65 bits per heavy atom. The van der Waals surface area contributed by atoms with E-state index in [1.807, 2.05) is 0 Å². The van der Waals surface area contributed by atoms with E-state index in [2.05, 4.69) is 193 Å². The van der Waals surface area contributed by atoms with Crippen molar-refractivity contribution in [2.24, 2.45) is 0 Å². The zero-order valence-corrected chi connectivity index (χ0v) is 26.5. The van der Waals surface area contributed by atoms with Crippen molar-refractivity contribution in [3.63, 3.8) is 0 Å². The summed E-state index contributed by atoms with van der Waals surface area (Å²) >= 11 is 0. The van der Waals surface area contributed by atoms with Gasteiger partial charge < -0.3 is 5.32 Å². The Morgan fingerprint density at radius 2 is 0.938 bits per heavy atom. The van der Waals surface area contributed by atoms with Gasteiger partial charge in [0.1, 0.15) is 6.17 Å². The smallest absolute Gasteiger partial charge is 0.104 e. The third-order valence-electron chi connectivity index (χ3n) is 9.75. The molecule has 0 aliphatic carbocycles. The van der Waals surface area contributed by atoms with Crippen LogP contribution in [0.1, 0.15) is 28.9 Å². The summed E-state index contributed by atoms with van der Waals surface area (Å²) in [5.74, 6) is 0. The van der Waals surface area contributed by atoms with Crippen LogP contribution in [0.5, 0.6) is 0 Å². The molecule has 0 saturated carbocycles. The minimum Gasteiger partial charge on any atom is -0.366 e. The molecule has 8 aromatic carbocycles. The highest BCUT2D eigenvalue weighted by atomic mass is 15.2. The summed E-state index contributed by atoms with van der Waals surface area (Å²) in [4.78, 5) is 0. The van der Waals surface area contributed by atoms with E-state index in [0.717, 1.165) is 5.70 Å². The van der Waals surface area contributed by atoms with Gasteiger partial charge in [0.2, 0.25) is 0 Å². The van der Waals surface area contributed by atoms with Crippen LogP contribution >= 0.6 is 0 Å². The van der Waals surface area contributed by atoms with E-state index < -0.39 is 0 Å². The Balaban J connectivity index is 1.15. The second kappa shape index (κ2) is 12.0. The second-order valence-corrected chi connectivity index (χ2v) is 12.6. The molecule has 2 unspecified atom stereocenters. The molecular weight excluding hydrogens is 581 g/mol. The lowest BCUT2D eigenvalue weighted by Gasteiger charge is -2.34. The van der Waals surface area contributed by atoms with Crippen LogP contribution in [0.2, 0.25) is 0 Å². The average molecular weight is 615 g/mol. The molecule has 0 saturated heterocycles. The van der Waals surface area contributed by atoms with Crippen LogP contribution in [0.25, 0.3) is 60.3 Å². The summed E-state index contributed by atoms with van der Waals surface area (Å²) < 4.78 is 0. The van der Waals surface area contributed by atoms with Crippen LogP contribution in [-0.2, 0) is 0 Å². The molecule has 1 aliphatic heterocycles. The molecule has 48 heavy (non-hydrogen) atoms. The quantitative estimate of drug-likeness (QED) is 0.149. The molecule has 228 valence electrons. The molecule has 2 N–H and O–H groups in total. The van der Waals surface area contributed by atoms with E-state index in [1.54, 1.807) is 0 Å². The van der Waals surface area contributed by atoms with E-state index in [0.29, 0.717) is 0 Å². The Hall–Kier alpha value is -5.96. The van der Waals surface area contributed by atoms with Gasteiger partial charge in [-0.15, -0.1) is 0 Å². The van der Waals surface area contributed by atoms with Gasteiger partial charge in [0, 0.05) is 11.3 Å². The molecule has 2 nitrogen and oxygen atoms in total. The fourth-order valence-electron chi connectivity index (χ4n) is 7.29. The zero-order chi connectivity index (χ0) is 31.9. The van der Waals surface area contributed by atoms with Crippen molar-refractivity contribution < 1.29 is 0 Å². The minimum absolute atomic E-state index is 0.00966. The number of rotatable bonds is 5. The van der Waals surface area contributed by atoms with E-state index in [4.69, 9.17) is 0 Å². The van der Waals surface area contributed by atoms with Crippen LogP contribution in [0, 0.1) is 0 Å². The van der Waals surface area contributed by atoms with Crippen molar-refractivity contribution in [2.75, 3.05) is 0 Å². The van der Waals surface area contributed by atoms with Crippen LogP contribution in [0.3, 0.4) is 0 Å². The maximum Gasteiger partial charge on any atom is 0.104 e. The van der Waals surface area contributed by atoms with Gasteiger partial charge in [0.25, 0.3) is 0 Å². The van der Waals surface area contributed by atoms with Gasteiger partial charge in [-0.25, -0.2) is 0 Å². The second-order valence-electron chi connectivity index (χ2n) is 12.6. The lowest BCUT2D eigenvalue weighted by molar-refractivity contribution is 0.443. The van der Waals surface area contributed by atoms with Gasteiger partial charge in [0.15, 0.2) is 0 Å². The molecule has 0 aromatic heterocycles. The molecule has 9 rings (SSSR count). The standard InChI is InChI=1S/C46H34N2/c1-3-11-31(12-4-1)32-19-21-33(22-20-32)34-23-25-36(26-24-34)43-30-44(48-46(47-43)37-14-5-2-6-15-37)45-40-18-10-8-16-38(40)29-42-39-17-9-7-13-35(39)27-28-41(42)45/h1-30,43,46-48H. The summed E-state index contributed by atoms with van der Waals surface area (Å²) in [6, 6.07) is 63.6. The van der Waals surface area contributed by atoms with E-state index in [9.17, 15) is 0 Å². The summed E-state index contributed by atoms with van der Waals surface area (Å²) in [7, 11) is 0. The summed E-state index contributed by atoms with van der Waals surface area (Å²) in [5, 5.41) is 15.4. The first-order valence-corrected chi connectivity index (χ1v) is 16.7. The van der Waals surface area contributed by atoms with E-state index >= 15 is 0 Å². The zero-order valence-electron chi connectivity index (χ0n) is 26.5. The third-order valence-corrected chi connectivity index (χ3v) is 9.75. The first-order valence-electron chi connectivity index (χ1n) is 16.7. The molecule has 0 radical (unpaired) electrons. The van der Waals surface area contributed by atoms with Gasteiger partial charge in [-0.1, -0.05) is 170 Å². The van der Waals surface area contributed by atoms with Crippen LogP contribution in [-0.4, -0.2) is 0 Å². The Bertz CT molecular complexity index is 2430. The minimum atomic E-state index is -0.0594. The molecule has 2 atom stereocenters. The van der Waals surface area contributed by atoms with Gasteiger partial charge in [-0.05, 0) is 77.8 Å². The number of benzene rings is 8. The average Bonchev–Trinajstić information content (AvgIpc) is 3.17. The molecule has 0 amide bonds. The fourth-order valence-corrected chi connectivity index (χ4v) is 7.29. The third kappa shape index (κ3) is 5.13. The molecular formula is C46H34N2. The first-order chi connectivity index (χ1) is 23.8. The highest BCUT2D eigenvalue weighted by molar-refractivity contribution is 6.17. The van der Waals surface area contributed by atoms with Crippen LogP contribution in [0.4, 0.5) is 0 Å². The summed E-state index contributed by atoms with van der Waals surface area (Å²) in [6.07, 6.45) is 2.32. The molecule has 0 fully saturated rings. The lowest BCUT2D eigenvalue weighted by atomic mass is 9.89. The van der Waals surface area contributed by atoms with Crippen molar-refractivity contribution in [1.29, 1.82) is 0 Å². The lowest BCUT2D eigenvalue weighted by Crippen LogP contribution is -2.39. The van der Waals surface area contributed by atoms with Gasteiger partial charge in [-0.2, -0.15) is 0 Å². The SMILES string of the molecule is C1=C(c2c3ccccc3cc3c2ccc2ccccc23)NC(c2ccccc2)NC1c1ccc(-c2ccc(-c3ccccc3)cc2)cc1. The molecule has 1 aliphatic rings. The summed E-state index contributed by atoms with van der Waals surface area (Å²) in [5.41, 5.74) is 9.72. The van der Waals surface area contributed by atoms with Crippen molar-refractivity contribution in [3.8, 4) is 22.3 Å². The largest absolute Gasteiger partial charge is 0.366 e. The monoisotopic (exact) mass is 614 g/mol. The van der Waals surface area contributed by atoms with Gasteiger partial charge in [-0.3, -0.25) is 5.32 Å². The number of hydrogen-bond donors (Lipinski definition) is 2. The van der Waals surface area contributed by atoms with Crippen molar-refractivity contribution in [2.45, 2.75) is 12.2 Å². The van der Waals surface area contributed by atoms with Crippen molar-refractivity contribution in [1.82, 2.24) is 10.6 Å². The van der Waals surface area contributed by atoms with Crippen LogP contribution < -0.4 is 10.6 Å². The number of hydrogen-bond acceptors (Lipinski definition) is 2. The fraction of sp³-hybridized carbons (Fsp3) is 0.0435. The van der Waals surface area contributed by atoms with Gasteiger partial charge >= 0.3 is 0 Å². The van der Waals surface area contributed by atoms with E-state index in [1.165, 1.54) is 71.3 Å². The van der Waals surface area contributed by atoms with Gasteiger partial charge in [0.05, 0.1) is 6.04 Å². The Labute approximate surface area is 281 Å². The maximum absolute atomic E-state index is 3.92. The van der Waals surface area contributed by atoms with Crippen molar-refractivity contribution >= 4 is 38.0 Å². The molecule has 2 heteroatoms. The maximum atomic E-state index is 3.92. The summed E-state index contributed by atoms with van der Waals surface area (Å²) in [6.45, 7) is 0. The topological polar surface area (TPSA) is 24.1 Å². The molecule has 8 aromatic rings. The molecule has 1 heterocycles. The first kappa shape index (κ1) is 28.3. The van der Waals surface area contributed by atoms with Crippen LogP contribution in [0.15, 0.2) is 182 Å².